The molecule has 2 saturated carbocycles. The van der Waals surface area contributed by atoms with Crippen molar-refractivity contribution in [1.82, 2.24) is 15.5 Å². The van der Waals surface area contributed by atoms with Crippen LogP contribution in [0.4, 0.5) is 0 Å². The molecule has 1 aromatic rings. The van der Waals surface area contributed by atoms with Gasteiger partial charge in [0.25, 0.3) is 0 Å². The Labute approximate surface area is 181 Å². The highest BCUT2D eigenvalue weighted by Crippen LogP contribution is 2.54. The number of rotatable bonds is 7. The molecule has 0 bridgehead atoms. The van der Waals surface area contributed by atoms with Crippen molar-refractivity contribution in [2.75, 3.05) is 40.0 Å². The van der Waals surface area contributed by atoms with Gasteiger partial charge in [-0.25, -0.2) is 0 Å². The molecule has 1 spiro atoms. The Morgan fingerprint density at radius 1 is 1.20 bits per heavy atom. The lowest BCUT2D eigenvalue weighted by Gasteiger charge is -2.54. The van der Waals surface area contributed by atoms with E-state index >= 15 is 0 Å². The normalized spacial score (nSPS) is 26.5. The molecular weight excluding hydrogens is 376 g/mol. The van der Waals surface area contributed by atoms with E-state index in [2.05, 4.69) is 51.7 Å². The number of nitrogens with zero attached hydrogens (tertiary/aromatic N) is 2. The Morgan fingerprint density at radius 2 is 1.93 bits per heavy atom. The van der Waals surface area contributed by atoms with Crippen molar-refractivity contribution in [1.29, 1.82) is 0 Å². The highest BCUT2D eigenvalue weighted by molar-refractivity contribution is 5.80. The van der Waals surface area contributed by atoms with Gasteiger partial charge in [0.1, 0.15) is 0 Å². The third-order valence-corrected chi connectivity index (χ3v) is 7.28. The molecule has 0 amide bonds. The molecule has 4 rings (SSSR count). The first-order chi connectivity index (χ1) is 14.7. The van der Waals surface area contributed by atoms with Gasteiger partial charge < -0.3 is 20.1 Å². The largest absolute Gasteiger partial charge is 0.379 e. The molecule has 2 aliphatic carbocycles. The molecular formula is C24H38N4O2. The Balaban J connectivity index is 1.34. The molecule has 0 radical (unpaired) electrons. The van der Waals surface area contributed by atoms with E-state index in [0.29, 0.717) is 17.6 Å². The lowest BCUT2D eigenvalue weighted by atomic mass is 9.60. The van der Waals surface area contributed by atoms with Crippen LogP contribution < -0.4 is 10.6 Å². The fourth-order valence-electron chi connectivity index (χ4n) is 5.51. The maximum Gasteiger partial charge on any atom is 0.191 e. The predicted molar refractivity (Wildman–Crippen MR) is 121 cm³/mol. The second kappa shape index (κ2) is 10.1. The van der Waals surface area contributed by atoms with Gasteiger partial charge in [0.2, 0.25) is 0 Å². The first kappa shape index (κ1) is 21.6. The van der Waals surface area contributed by atoms with E-state index in [1.165, 1.54) is 36.8 Å². The van der Waals surface area contributed by atoms with Gasteiger partial charge in [0.15, 0.2) is 5.96 Å². The third kappa shape index (κ3) is 4.66. The first-order valence-electron chi connectivity index (χ1n) is 11.7. The lowest BCUT2D eigenvalue weighted by Crippen LogP contribution is -2.65. The summed E-state index contributed by atoms with van der Waals surface area (Å²) in [5.74, 6) is 0.905. The number of aliphatic imine (C=N–C) groups is 1. The van der Waals surface area contributed by atoms with Gasteiger partial charge in [0.05, 0.1) is 19.3 Å². The van der Waals surface area contributed by atoms with Gasteiger partial charge in [0, 0.05) is 51.3 Å². The van der Waals surface area contributed by atoms with Crippen LogP contribution in [0.5, 0.6) is 0 Å². The molecule has 1 aliphatic heterocycles. The van der Waals surface area contributed by atoms with E-state index in [9.17, 15) is 0 Å². The van der Waals surface area contributed by atoms with Gasteiger partial charge in [-0.2, -0.15) is 0 Å². The van der Waals surface area contributed by atoms with Crippen LogP contribution in [-0.2, 0) is 22.6 Å². The molecule has 166 valence electrons. The Hall–Kier alpha value is -1.63. The fourth-order valence-corrected chi connectivity index (χ4v) is 5.51. The molecule has 2 atom stereocenters. The molecule has 1 saturated heterocycles. The predicted octanol–water partition coefficient (Wildman–Crippen LogP) is 2.92. The number of benzene rings is 1. The van der Waals surface area contributed by atoms with Crippen LogP contribution in [0.2, 0.25) is 0 Å². The van der Waals surface area contributed by atoms with E-state index in [1.54, 1.807) is 0 Å². The monoisotopic (exact) mass is 414 g/mol. The molecule has 6 nitrogen and oxygen atoms in total. The van der Waals surface area contributed by atoms with Crippen LogP contribution in [0.25, 0.3) is 0 Å². The van der Waals surface area contributed by atoms with Crippen molar-refractivity contribution in [3.63, 3.8) is 0 Å². The summed E-state index contributed by atoms with van der Waals surface area (Å²) in [6, 6.07) is 9.20. The molecule has 2 N–H and O–H groups in total. The van der Waals surface area contributed by atoms with Gasteiger partial charge in [-0.05, 0) is 37.3 Å². The van der Waals surface area contributed by atoms with E-state index < -0.39 is 0 Å². The minimum atomic E-state index is 0.307. The van der Waals surface area contributed by atoms with Crippen LogP contribution in [0, 0.1) is 5.41 Å². The van der Waals surface area contributed by atoms with Crippen molar-refractivity contribution < 1.29 is 9.47 Å². The van der Waals surface area contributed by atoms with Crippen molar-refractivity contribution in [3.05, 3.63) is 35.4 Å². The Kier molecular flexibility index (Phi) is 7.28. The zero-order chi connectivity index (χ0) is 20.8. The smallest absolute Gasteiger partial charge is 0.191 e. The van der Waals surface area contributed by atoms with E-state index in [0.717, 1.165) is 58.4 Å². The quantitative estimate of drug-likeness (QED) is 0.531. The Morgan fingerprint density at radius 3 is 2.63 bits per heavy atom. The minimum absolute atomic E-state index is 0.307. The van der Waals surface area contributed by atoms with E-state index in [1.807, 2.05) is 7.05 Å². The van der Waals surface area contributed by atoms with Crippen molar-refractivity contribution in [2.24, 2.45) is 10.4 Å². The van der Waals surface area contributed by atoms with E-state index in [4.69, 9.17) is 9.47 Å². The molecule has 30 heavy (non-hydrogen) atoms. The summed E-state index contributed by atoms with van der Waals surface area (Å²) in [4.78, 5) is 7.00. The zero-order valence-corrected chi connectivity index (χ0v) is 18.7. The summed E-state index contributed by atoms with van der Waals surface area (Å²) in [5.41, 5.74) is 3.03. The van der Waals surface area contributed by atoms with Gasteiger partial charge in [-0.1, -0.05) is 37.1 Å². The first-order valence-corrected chi connectivity index (χ1v) is 11.7. The molecule has 6 heteroatoms. The van der Waals surface area contributed by atoms with Crippen LogP contribution in [0.1, 0.15) is 50.2 Å². The standard InChI is InChI=1S/C24H38N4O2/c1-3-30-22-16-21(24(22)10-6-7-11-24)27-23(25-2)26-17-19-8-4-5-9-20(19)18-28-12-14-29-15-13-28/h4-5,8-9,21-22H,3,6-7,10-18H2,1-2H3,(H2,25,26,27). The zero-order valence-electron chi connectivity index (χ0n) is 18.7. The van der Waals surface area contributed by atoms with Gasteiger partial charge in [-0.3, -0.25) is 9.89 Å². The van der Waals surface area contributed by atoms with Crippen molar-refractivity contribution >= 4 is 5.96 Å². The highest BCUT2D eigenvalue weighted by atomic mass is 16.5. The number of morpholine rings is 1. The lowest BCUT2D eigenvalue weighted by molar-refractivity contribution is -0.125. The van der Waals surface area contributed by atoms with Crippen LogP contribution in [0.15, 0.2) is 29.3 Å². The summed E-state index contributed by atoms with van der Waals surface area (Å²) >= 11 is 0. The number of nitrogens with one attached hydrogen (secondary N) is 2. The molecule has 2 unspecified atom stereocenters. The Bertz CT molecular complexity index is 711. The van der Waals surface area contributed by atoms with Crippen molar-refractivity contribution in [3.8, 4) is 0 Å². The van der Waals surface area contributed by atoms with E-state index in [-0.39, 0.29) is 0 Å². The average Bonchev–Trinajstić information content (AvgIpc) is 3.30. The van der Waals surface area contributed by atoms with Gasteiger partial charge >= 0.3 is 0 Å². The molecule has 3 aliphatic rings. The molecule has 1 aromatic carbocycles. The molecule has 0 aromatic heterocycles. The SMILES string of the molecule is CCOC1CC(NC(=NC)NCc2ccccc2CN2CCOCC2)C12CCCC2. The molecule has 3 fully saturated rings. The van der Waals surface area contributed by atoms with Crippen LogP contribution in [0.3, 0.4) is 0 Å². The number of guanidine groups is 1. The van der Waals surface area contributed by atoms with Crippen LogP contribution >= 0.6 is 0 Å². The number of ether oxygens (including phenoxy) is 2. The summed E-state index contributed by atoms with van der Waals surface area (Å²) < 4.78 is 11.6. The summed E-state index contributed by atoms with van der Waals surface area (Å²) in [5, 5.41) is 7.30. The average molecular weight is 415 g/mol. The highest BCUT2D eigenvalue weighted by Gasteiger charge is 2.56. The summed E-state index contributed by atoms with van der Waals surface area (Å²) in [7, 11) is 1.87. The maximum atomic E-state index is 6.06. The molecule has 1 heterocycles. The topological polar surface area (TPSA) is 58.1 Å². The number of hydrogen-bond acceptors (Lipinski definition) is 4. The summed E-state index contributed by atoms with van der Waals surface area (Å²) in [6.07, 6.45) is 6.69. The minimum Gasteiger partial charge on any atom is -0.379 e. The van der Waals surface area contributed by atoms with Crippen molar-refractivity contribution in [2.45, 2.75) is 64.3 Å². The second-order valence-electron chi connectivity index (χ2n) is 8.90. The second-order valence-corrected chi connectivity index (χ2v) is 8.90. The third-order valence-electron chi connectivity index (χ3n) is 7.28. The summed E-state index contributed by atoms with van der Waals surface area (Å²) in [6.45, 7) is 8.38. The maximum absolute atomic E-state index is 6.06. The van der Waals surface area contributed by atoms with Crippen LogP contribution in [-0.4, -0.2) is 63.0 Å². The fraction of sp³-hybridized carbons (Fsp3) is 0.708. The van der Waals surface area contributed by atoms with Gasteiger partial charge in [-0.15, -0.1) is 0 Å². The number of hydrogen-bond donors (Lipinski definition) is 2.